The van der Waals surface area contributed by atoms with Crippen LogP contribution in [0.4, 0.5) is 5.69 Å². The molecule has 1 aromatic heterocycles. The van der Waals surface area contributed by atoms with Gasteiger partial charge in [-0.1, -0.05) is 26.0 Å². The van der Waals surface area contributed by atoms with Crippen LogP contribution in [0.25, 0.3) is 0 Å². The van der Waals surface area contributed by atoms with Crippen molar-refractivity contribution in [2.24, 2.45) is 5.92 Å². The first-order chi connectivity index (χ1) is 16.6. The Morgan fingerprint density at radius 2 is 1.57 bits per heavy atom. The number of nitrogens with one attached hydrogen (secondary N) is 2. The van der Waals surface area contributed by atoms with E-state index in [9.17, 15) is 18.0 Å². The van der Waals surface area contributed by atoms with E-state index in [1.54, 1.807) is 18.7 Å². The summed E-state index contributed by atoms with van der Waals surface area (Å²) >= 11 is 0. The Morgan fingerprint density at radius 3 is 2.14 bits per heavy atom. The molecule has 2 aliphatic rings. The van der Waals surface area contributed by atoms with E-state index >= 15 is 0 Å². The standard InChI is InChI=1S/C26H36N4O4S/c1-17(2)20-7-9-22(10-8-20)28-25(31)21-11-15-30(16-12-21)35(33,34)24-19(4)27-18(3)23(24)26(32)29-13-5-6-14-29/h7-10,17,21,27H,5-6,11-16H2,1-4H3,(H,28,31). The molecule has 2 saturated heterocycles. The van der Waals surface area contributed by atoms with Gasteiger partial charge in [0.05, 0.1) is 5.56 Å². The first kappa shape index (κ1) is 25.4. The summed E-state index contributed by atoms with van der Waals surface area (Å²) in [6, 6.07) is 7.83. The maximum Gasteiger partial charge on any atom is 0.257 e. The molecule has 0 aliphatic carbocycles. The number of nitrogens with zero attached hydrogens (tertiary/aromatic N) is 2. The van der Waals surface area contributed by atoms with Crippen molar-refractivity contribution in [2.75, 3.05) is 31.5 Å². The van der Waals surface area contributed by atoms with E-state index in [0.29, 0.717) is 43.2 Å². The number of sulfonamides is 1. The van der Waals surface area contributed by atoms with Crippen molar-refractivity contribution in [1.29, 1.82) is 0 Å². The van der Waals surface area contributed by atoms with Gasteiger partial charge >= 0.3 is 0 Å². The van der Waals surface area contributed by atoms with Crippen LogP contribution in [-0.4, -0.2) is 60.6 Å². The Morgan fingerprint density at radius 1 is 0.971 bits per heavy atom. The zero-order valence-electron chi connectivity index (χ0n) is 21.1. The van der Waals surface area contributed by atoms with E-state index in [2.05, 4.69) is 24.1 Å². The van der Waals surface area contributed by atoms with Crippen molar-refractivity contribution < 1.29 is 18.0 Å². The summed E-state index contributed by atoms with van der Waals surface area (Å²) in [7, 11) is -3.88. The van der Waals surface area contributed by atoms with Crippen molar-refractivity contribution in [3.63, 3.8) is 0 Å². The van der Waals surface area contributed by atoms with Crippen molar-refractivity contribution in [3.8, 4) is 0 Å². The zero-order valence-corrected chi connectivity index (χ0v) is 21.9. The Hall–Kier alpha value is -2.65. The number of anilines is 1. The molecule has 0 saturated carbocycles. The summed E-state index contributed by atoms with van der Waals surface area (Å²) in [5, 5.41) is 2.97. The minimum atomic E-state index is -3.88. The molecular weight excluding hydrogens is 464 g/mol. The van der Waals surface area contributed by atoms with Crippen LogP contribution >= 0.6 is 0 Å². The molecule has 190 valence electrons. The number of H-pyrrole nitrogens is 1. The number of aromatic nitrogens is 1. The number of carbonyl (C=O) groups excluding carboxylic acids is 2. The van der Waals surface area contributed by atoms with Gasteiger partial charge in [-0.25, -0.2) is 8.42 Å². The average molecular weight is 501 g/mol. The maximum absolute atomic E-state index is 13.7. The minimum absolute atomic E-state index is 0.0834. The topological polar surface area (TPSA) is 103 Å². The number of piperidine rings is 1. The second kappa shape index (κ2) is 10.1. The molecule has 9 heteroatoms. The normalized spacial score (nSPS) is 17.8. The van der Waals surface area contributed by atoms with Gasteiger partial charge in [0.1, 0.15) is 4.90 Å². The maximum atomic E-state index is 13.7. The van der Waals surface area contributed by atoms with Gasteiger partial charge in [0.15, 0.2) is 0 Å². The highest BCUT2D eigenvalue weighted by atomic mass is 32.2. The molecular formula is C26H36N4O4S. The fourth-order valence-electron chi connectivity index (χ4n) is 5.10. The third kappa shape index (κ3) is 5.16. The summed E-state index contributed by atoms with van der Waals surface area (Å²) in [5.41, 5.74) is 3.27. The van der Waals surface area contributed by atoms with Crippen molar-refractivity contribution in [1.82, 2.24) is 14.2 Å². The van der Waals surface area contributed by atoms with Gasteiger partial charge < -0.3 is 15.2 Å². The second-order valence-electron chi connectivity index (χ2n) is 10.0. The number of aromatic amines is 1. The molecule has 1 aromatic carbocycles. The largest absolute Gasteiger partial charge is 0.361 e. The predicted molar refractivity (Wildman–Crippen MR) is 136 cm³/mol. The number of amides is 2. The van der Waals surface area contributed by atoms with Crippen LogP contribution in [0.15, 0.2) is 29.2 Å². The van der Waals surface area contributed by atoms with Gasteiger partial charge in [0.2, 0.25) is 15.9 Å². The molecule has 0 unspecified atom stereocenters. The third-order valence-corrected chi connectivity index (χ3v) is 9.26. The summed E-state index contributed by atoms with van der Waals surface area (Å²) in [6.45, 7) is 9.49. The highest BCUT2D eigenvalue weighted by molar-refractivity contribution is 7.89. The highest BCUT2D eigenvalue weighted by Gasteiger charge is 2.38. The molecule has 35 heavy (non-hydrogen) atoms. The molecule has 0 bridgehead atoms. The molecule has 2 aromatic rings. The number of hydrogen-bond donors (Lipinski definition) is 2. The first-order valence-corrected chi connectivity index (χ1v) is 13.9. The summed E-state index contributed by atoms with van der Waals surface area (Å²) < 4.78 is 28.7. The highest BCUT2D eigenvalue weighted by Crippen LogP contribution is 2.32. The van der Waals surface area contributed by atoms with E-state index < -0.39 is 10.0 Å². The molecule has 2 fully saturated rings. The molecule has 0 spiro atoms. The Kier molecular flexibility index (Phi) is 7.38. The lowest BCUT2D eigenvalue weighted by molar-refractivity contribution is -0.120. The van der Waals surface area contributed by atoms with Crippen LogP contribution in [0.3, 0.4) is 0 Å². The Labute approximate surface area is 208 Å². The number of likely N-dealkylation sites (tertiary alicyclic amines) is 1. The lowest BCUT2D eigenvalue weighted by Crippen LogP contribution is -2.42. The Bertz CT molecular complexity index is 1190. The summed E-state index contributed by atoms with van der Waals surface area (Å²) in [6.07, 6.45) is 2.75. The molecule has 3 heterocycles. The number of benzene rings is 1. The van der Waals surface area contributed by atoms with Crippen molar-refractivity contribution >= 4 is 27.5 Å². The minimum Gasteiger partial charge on any atom is -0.361 e. The fraction of sp³-hybridized carbons (Fsp3) is 0.538. The number of aryl methyl sites for hydroxylation is 2. The molecule has 4 rings (SSSR count). The van der Waals surface area contributed by atoms with E-state index in [1.807, 2.05) is 24.3 Å². The van der Waals surface area contributed by atoms with Gasteiger partial charge in [-0.2, -0.15) is 4.31 Å². The van der Waals surface area contributed by atoms with Crippen LogP contribution in [0.5, 0.6) is 0 Å². The van der Waals surface area contributed by atoms with E-state index in [0.717, 1.165) is 18.5 Å². The lowest BCUT2D eigenvalue weighted by Gasteiger charge is -2.31. The molecule has 2 aliphatic heterocycles. The van der Waals surface area contributed by atoms with E-state index in [1.165, 1.54) is 9.87 Å². The second-order valence-corrected chi connectivity index (χ2v) is 11.9. The zero-order chi connectivity index (χ0) is 25.3. The van der Waals surface area contributed by atoms with Gasteiger partial charge in [-0.3, -0.25) is 9.59 Å². The summed E-state index contributed by atoms with van der Waals surface area (Å²) in [4.78, 5) is 30.9. The first-order valence-electron chi connectivity index (χ1n) is 12.5. The van der Waals surface area contributed by atoms with Crippen molar-refractivity contribution in [3.05, 3.63) is 46.8 Å². The monoisotopic (exact) mass is 500 g/mol. The smallest absolute Gasteiger partial charge is 0.257 e. The quantitative estimate of drug-likeness (QED) is 0.625. The van der Waals surface area contributed by atoms with Crippen LogP contribution in [0, 0.1) is 19.8 Å². The number of rotatable bonds is 6. The van der Waals surface area contributed by atoms with Crippen LogP contribution in [-0.2, 0) is 14.8 Å². The van der Waals surface area contributed by atoms with Crippen LogP contribution in [0.1, 0.15) is 72.8 Å². The fourth-order valence-corrected chi connectivity index (χ4v) is 6.99. The number of carbonyl (C=O) groups is 2. The predicted octanol–water partition coefficient (Wildman–Crippen LogP) is 4.03. The van der Waals surface area contributed by atoms with Crippen LogP contribution in [0.2, 0.25) is 0 Å². The van der Waals surface area contributed by atoms with Gasteiger partial charge in [-0.05, 0) is 63.1 Å². The molecule has 0 atom stereocenters. The number of hydrogen-bond acceptors (Lipinski definition) is 4. The molecule has 0 radical (unpaired) electrons. The van der Waals surface area contributed by atoms with Crippen molar-refractivity contribution in [2.45, 2.75) is 64.2 Å². The third-order valence-electron chi connectivity index (χ3n) is 7.19. The van der Waals surface area contributed by atoms with Gasteiger partial charge in [0.25, 0.3) is 5.91 Å². The average Bonchev–Trinajstić information content (AvgIpc) is 3.47. The lowest BCUT2D eigenvalue weighted by atomic mass is 9.97. The van der Waals surface area contributed by atoms with Gasteiger partial charge in [0, 0.05) is 49.2 Å². The van der Waals surface area contributed by atoms with E-state index in [-0.39, 0.29) is 41.3 Å². The molecule has 2 amide bonds. The molecule has 8 nitrogen and oxygen atoms in total. The Balaban J connectivity index is 1.44. The van der Waals surface area contributed by atoms with Crippen LogP contribution < -0.4 is 5.32 Å². The SMILES string of the molecule is Cc1[nH]c(C)c(S(=O)(=O)N2CCC(C(=O)Nc3ccc(C(C)C)cc3)CC2)c1C(=O)N1CCCC1. The molecule has 2 N–H and O–H groups in total. The summed E-state index contributed by atoms with van der Waals surface area (Å²) in [5.74, 6) is -0.144. The van der Waals surface area contributed by atoms with E-state index in [4.69, 9.17) is 0 Å². The van der Waals surface area contributed by atoms with Gasteiger partial charge in [-0.15, -0.1) is 0 Å².